The number of carbonyl (C=O) groups is 4. The van der Waals surface area contributed by atoms with Gasteiger partial charge in [-0.3, -0.25) is 19.2 Å². The number of hydrogen-bond donors (Lipinski definition) is 4. The molecule has 0 spiro atoms. The summed E-state index contributed by atoms with van der Waals surface area (Å²) in [5.74, 6) is -3.29. The molecule has 5 aromatic carbocycles. The molecule has 0 aliphatic heterocycles. The van der Waals surface area contributed by atoms with E-state index < -0.39 is 38.3 Å². The Bertz CT molecular complexity index is 2670. The Hall–Kier alpha value is -5.83. The first kappa shape index (κ1) is 40.8. The molecular weight excluding hydrogens is 756 g/mol. The molecular formula is C43H35N4NaO8S. The zero-order valence-electron chi connectivity index (χ0n) is 31.4. The molecule has 8 rings (SSSR count). The molecule has 0 saturated heterocycles. The summed E-state index contributed by atoms with van der Waals surface area (Å²) in [4.78, 5) is 51.9. The van der Waals surface area contributed by atoms with Crippen LogP contribution in [0.1, 0.15) is 63.7 Å². The Balaban J connectivity index is 0.000000190. The van der Waals surface area contributed by atoms with Crippen molar-refractivity contribution >= 4 is 56.0 Å². The minimum Gasteiger partial charge on any atom is -0.744 e. The minimum atomic E-state index is -4.95. The van der Waals surface area contributed by atoms with Crippen molar-refractivity contribution in [2.45, 2.75) is 13.8 Å². The van der Waals surface area contributed by atoms with Crippen LogP contribution in [-0.2, 0) is 10.1 Å². The van der Waals surface area contributed by atoms with Crippen molar-refractivity contribution in [3.05, 3.63) is 170 Å². The number of methoxy groups -OCH3 is 1. The van der Waals surface area contributed by atoms with E-state index in [1.54, 1.807) is 60.7 Å². The van der Waals surface area contributed by atoms with Crippen LogP contribution in [0.25, 0.3) is 0 Å². The topological polar surface area (TPSA) is 211 Å². The summed E-state index contributed by atoms with van der Waals surface area (Å²) < 4.78 is 40.7. The van der Waals surface area contributed by atoms with E-state index in [1.807, 2.05) is 50.2 Å². The normalized spacial score (nSPS) is 16.7. The number of nitrogens with one attached hydrogen (secondary N) is 2. The van der Waals surface area contributed by atoms with Crippen molar-refractivity contribution in [2.75, 3.05) is 23.5 Å². The molecule has 0 fully saturated rings. The van der Waals surface area contributed by atoms with Crippen molar-refractivity contribution in [3.8, 4) is 5.75 Å². The minimum absolute atomic E-state index is 0. The van der Waals surface area contributed by atoms with Crippen molar-refractivity contribution in [2.24, 2.45) is 17.6 Å². The van der Waals surface area contributed by atoms with Gasteiger partial charge in [-0.2, -0.15) is 0 Å². The fraction of sp³-hybridized carbons (Fsp3) is 0.116. The molecule has 3 aliphatic carbocycles. The van der Waals surface area contributed by atoms with E-state index in [2.05, 4.69) is 10.6 Å². The number of allylic oxidation sites excluding steroid dienone is 3. The quantitative estimate of drug-likeness (QED) is 0.109. The monoisotopic (exact) mass is 790 g/mol. The van der Waals surface area contributed by atoms with Crippen LogP contribution < -0.4 is 56.4 Å². The third-order valence-corrected chi connectivity index (χ3v) is 10.8. The van der Waals surface area contributed by atoms with Gasteiger partial charge in [-0.05, 0) is 44.2 Å². The molecule has 0 radical (unpaired) electrons. The average molecular weight is 791 g/mol. The maximum Gasteiger partial charge on any atom is 1.00 e. The van der Waals surface area contributed by atoms with Crippen LogP contribution in [0.4, 0.5) is 22.7 Å². The van der Waals surface area contributed by atoms with Crippen LogP contribution in [0.2, 0.25) is 0 Å². The molecule has 14 heteroatoms. The van der Waals surface area contributed by atoms with E-state index in [1.165, 1.54) is 13.2 Å². The third kappa shape index (κ3) is 7.55. The second-order valence-corrected chi connectivity index (χ2v) is 14.9. The van der Waals surface area contributed by atoms with Gasteiger partial charge in [0.2, 0.25) is 0 Å². The maximum atomic E-state index is 13.2. The number of carbonyl (C=O) groups excluding carboxylic acids is 4. The van der Waals surface area contributed by atoms with Crippen molar-refractivity contribution in [1.82, 2.24) is 0 Å². The largest absolute Gasteiger partial charge is 1.00 e. The number of benzene rings is 5. The zero-order valence-corrected chi connectivity index (χ0v) is 34.2. The molecule has 282 valence electrons. The van der Waals surface area contributed by atoms with E-state index in [-0.39, 0.29) is 80.5 Å². The molecule has 6 N–H and O–H groups in total. The number of Topliss-reactive ketones (excluding diaryl/α,β-unsaturated/α-hetero) is 2. The number of ketones is 4. The number of rotatable bonds is 6. The van der Waals surface area contributed by atoms with Crippen LogP contribution in [0, 0.1) is 25.7 Å². The van der Waals surface area contributed by atoms with Crippen LogP contribution in [0.15, 0.2) is 126 Å². The van der Waals surface area contributed by atoms with E-state index in [4.69, 9.17) is 16.2 Å². The summed E-state index contributed by atoms with van der Waals surface area (Å²) in [5, 5.41) is 6.24. The van der Waals surface area contributed by atoms with Crippen LogP contribution >= 0.6 is 0 Å². The molecule has 5 aromatic rings. The Kier molecular flexibility index (Phi) is 11.4. The summed E-state index contributed by atoms with van der Waals surface area (Å²) in [5.41, 5.74) is 17.7. The van der Waals surface area contributed by atoms with E-state index in [9.17, 15) is 32.1 Å². The van der Waals surface area contributed by atoms with E-state index in [0.29, 0.717) is 28.3 Å². The summed E-state index contributed by atoms with van der Waals surface area (Å²) in [6.45, 7) is 3.91. The smallest absolute Gasteiger partial charge is 0.744 e. The van der Waals surface area contributed by atoms with E-state index in [0.717, 1.165) is 22.9 Å². The third-order valence-electron chi connectivity index (χ3n) is 9.96. The van der Waals surface area contributed by atoms with Gasteiger partial charge in [-0.1, -0.05) is 83.9 Å². The Morgan fingerprint density at radius 1 is 0.649 bits per heavy atom. The van der Waals surface area contributed by atoms with Gasteiger partial charge in [0, 0.05) is 51.1 Å². The van der Waals surface area contributed by atoms with Gasteiger partial charge in [0.15, 0.2) is 23.1 Å². The number of anilines is 4. The maximum absolute atomic E-state index is 13.2. The first-order chi connectivity index (χ1) is 26.7. The van der Waals surface area contributed by atoms with Gasteiger partial charge < -0.3 is 31.4 Å². The molecule has 0 bridgehead atoms. The summed E-state index contributed by atoms with van der Waals surface area (Å²) in [6.07, 6.45) is 1.07. The number of aryl methyl sites for hydroxylation is 2. The number of hydrogen-bond acceptors (Lipinski definition) is 12. The van der Waals surface area contributed by atoms with Crippen LogP contribution in [0.3, 0.4) is 0 Å². The zero-order chi connectivity index (χ0) is 40.1. The summed E-state index contributed by atoms with van der Waals surface area (Å²) in [6, 6.07) is 29.7. The molecule has 3 aliphatic rings. The van der Waals surface area contributed by atoms with Gasteiger partial charge in [0.25, 0.3) is 0 Å². The molecule has 57 heavy (non-hydrogen) atoms. The van der Waals surface area contributed by atoms with E-state index >= 15 is 0 Å². The second kappa shape index (κ2) is 16.0. The number of nitrogens with two attached hydrogens (primary N) is 2. The predicted molar refractivity (Wildman–Crippen MR) is 211 cm³/mol. The summed E-state index contributed by atoms with van der Waals surface area (Å²) in [7, 11) is -3.47. The fourth-order valence-corrected chi connectivity index (χ4v) is 7.83. The average Bonchev–Trinajstić information content (AvgIpc) is 3.18. The number of fused-ring (bicyclic) bond motifs is 4. The van der Waals surface area contributed by atoms with Gasteiger partial charge in [0.1, 0.15) is 15.9 Å². The second-order valence-electron chi connectivity index (χ2n) is 13.6. The van der Waals surface area contributed by atoms with Gasteiger partial charge in [0.05, 0.1) is 46.4 Å². The van der Waals surface area contributed by atoms with Crippen LogP contribution in [-0.4, -0.2) is 43.2 Å². The number of ether oxygens (including phenoxy) is 1. The molecule has 2 unspecified atom stereocenters. The first-order valence-corrected chi connectivity index (χ1v) is 18.8. The Morgan fingerprint density at radius 3 is 1.60 bits per heavy atom. The van der Waals surface area contributed by atoms with Crippen molar-refractivity contribution < 1.29 is 66.4 Å². The Morgan fingerprint density at radius 2 is 1.11 bits per heavy atom. The molecule has 0 aromatic heterocycles. The van der Waals surface area contributed by atoms with Gasteiger partial charge in [-0.15, -0.1) is 0 Å². The molecule has 0 heterocycles. The molecule has 2 atom stereocenters. The molecule has 0 amide bonds. The predicted octanol–water partition coefficient (Wildman–Crippen LogP) is 3.44. The van der Waals surface area contributed by atoms with Crippen molar-refractivity contribution in [1.29, 1.82) is 0 Å². The van der Waals surface area contributed by atoms with Crippen LogP contribution in [0.5, 0.6) is 5.75 Å². The standard InChI is InChI=1S/C22H18N2O3.C21H18N2O5S.Na/c1-12-7-9-13(10-8-12)24-16-11-17(27-2)20(23)19-18(16)21(25)14-5-3-4-6-15(14)22(19)26;1-11-6-8-12(9-7-11)23-15-10-16(29(26,27)28)19(22)18-17(15)20(24)13-4-2-3-5-14(13)21(18)25;/h3-11,24H,23H2,1-2H3;2-10,17-18,23H,22H2,1H3,(H,26,27,28);/q;;+1/p-1. The van der Waals surface area contributed by atoms with Crippen molar-refractivity contribution in [3.63, 3.8) is 0 Å². The Labute approximate surface area is 351 Å². The summed E-state index contributed by atoms with van der Waals surface area (Å²) >= 11 is 0. The molecule has 0 saturated carbocycles. The fourth-order valence-electron chi connectivity index (χ4n) is 7.15. The van der Waals surface area contributed by atoms with Gasteiger partial charge >= 0.3 is 29.6 Å². The SMILES string of the molecule is COc1cc(Nc2ccc(C)cc2)c2c(c1N)C(=O)c1ccccc1C2=O.Cc1ccc(NC2=CC(S(=O)(=O)[O-])=C(N)C3C(=O)c4ccccc4C(=O)C23)cc1.[Na+]. The van der Waals surface area contributed by atoms with Gasteiger partial charge in [-0.25, -0.2) is 8.42 Å². The number of nitrogen functional groups attached to an aromatic ring is 1. The molecule has 12 nitrogen and oxygen atoms in total. The first-order valence-electron chi connectivity index (χ1n) is 17.4.